The highest BCUT2D eigenvalue weighted by atomic mass is 16.5. The van der Waals surface area contributed by atoms with Crippen LogP contribution in [0.2, 0.25) is 0 Å². The smallest absolute Gasteiger partial charge is 0.290 e. The van der Waals surface area contributed by atoms with Crippen molar-refractivity contribution in [1.82, 2.24) is 31.5 Å². The van der Waals surface area contributed by atoms with Gasteiger partial charge in [0, 0.05) is 18.9 Å². The number of benzene rings is 1. The van der Waals surface area contributed by atoms with E-state index >= 15 is 0 Å². The Labute approximate surface area is 379 Å². The molecule has 16 heteroatoms. The molecule has 3 aliphatic rings. The minimum atomic E-state index is -1.26. The van der Waals surface area contributed by atoms with E-state index in [0.29, 0.717) is 31.6 Å². The third-order valence-electron chi connectivity index (χ3n) is 13.0. The molecule has 2 aliphatic carbocycles. The summed E-state index contributed by atoms with van der Waals surface area (Å²) >= 11 is 0. The number of hydrogen-bond donors (Lipinski definition) is 6. The lowest BCUT2D eigenvalue weighted by Gasteiger charge is -2.36. The first-order valence-corrected chi connectivity index (χ1v) is 24.0. The fourth-order valence-corrected chi connectivity index (χ4v) is 9.29. The third-order valence-corrected chi connectivity index (χ3v) is 13.0. The number of nitrogens with one attached hydrogen (secondary N) is 5. The summed E-state index contributed by atoms with van der Waals surface area (Å²) in [6.07, 6.45) is 11.6. The van der Waals surface area contributed by atoms with E-state index in [1.165, 1.54) is 4.90 Å². The second-order valence-electron chi connectivity index (χ2n) is 18.3. The van der Waals surface area contributed by atoms with Gasteiger partial charge in [0.15, 0.2) is 0 Å². The van der Waals surface area contributed by atoms with E-state index in [0.717, 1.165) is 76.2 Å². The van der Waals surface area contributed by atoms with Crippen molar-refractivity contribution in [2.24, 2.45) is 23.5 Å². The highest BCUT2D eigenvalue weighted by molar-refractivity contribution is 6.38. The number of carbonyl (C=O) groups excluding carboxylic acids is 8. The number of amides is 7. The minimum Gasteiger partial charge on any atom is -0.372 e. The molecule has 8 atom stereocenters. The summed E-state index contributed by atoms with van der Waals surface area (Å²) in [5, 5.41) is 13.5. The molecule has 7 N–H and O–H groups in total. The number of primary amides is 1. The molecule has 16 nitrogen and oxygen atoms in total. The lowest BCUT2D eigenvalue weighted by Crippen LogP contribution is -2.58. The molecule has 64 heavy (non-hydrogen) atoms. The lowest BCUT2D eigenvalue weighted by molar-refractivity contribution is -0.145. The highest BCUT2D eigenvalue weighted by Gasteiger charge is 2.46. The van der Waals surface area contributed by atoms with Crippen molar-refractivity contribution in [2.45, 2.75) is 186 Å². The molecule has 0 aromatic heterocycles. The van der Waals surface area contributed by atoms with Gasteiger partial charge in [-0.25, -0.2) is 0 Å². The number of nitrogens with zero attached hydrogens (tertiary/aromatic N) is 1. The van der Waals surface area contributed by atoms with Gasteiger partial charge in [-0.1, -0.05) is 122 Å². The van der Waals surface area contributed by atoms with Crippen molar-refractivity contribution in [3.05, 3.63) is 35.9 Å². The average molecular weight is 894 g/mol. The van der Waals surface area contributed by atoms with Gasteiger partial charge in [0.05, 0.1) is 25.3 Å². The van der Waals surface area contributed by atoms with Crippen LogP contribution in [0.3, 0.4) is 0 Å². The number of likely N-dealkylation sites (tertiary alicyclic amines) is 1. The van der Waals surface area contributed by atoms with Crippen LogP contribution in [0.4, 0.5) is 0 Å². The Morgan fingerprint density at radius 3 is 2.06 bits per heavy atom. The summed E-state index contributed by atoms with van der Waals surface area (Å²) in [5.41, 5.74) is 6.43. The zero-order valence-electron chi connectivity index (χ0n) is 38.6. The van der Waals surface area contributed by atoms with Gasteiger partial charge >= 0.3 is 0 Å². The van der Waals surface area contributed by atoms with Gasteiger partial charge in [-0.2, -0.15) is 0 Å². The molecule has 0 bridgehead atoms. The van der Waals surface area contributed by atoms with Crippen molar-refractivity contribution in [1.29, 1.82) is 0 Å². The summed E-state index contributed by atoms with van der Waals surface area (Å²) < 4.78 is 6.29. The largest absolute Gasteiger partial charge is 0.372 e. The quantitative estimate of drug-likeness (QED) is 0.0781. The van der Waals surface area contributed by atoms with Crippen molar-refractivity contribution >= 4 is 47.1 Å². The number of carbonyl (C=O) groups is 8. The fraction of sp³-hybridized carbons (Fsp3) is 0.708. The summed E-state index contributed by atoms with van der Waals surface area (Å²) in [7, 11) is 0. The Morgan fingerprint density at radius 2 is 1.42 bits per heavy atom. The van der Waals surface area contributed by atoms with Crippen LogP contribution in [0, 0.1) is 17.8 Å². The molecule has 0 radical (unpaired) electrons. The third kappa shape index (κ3) is 16.0. The first kappa shape index (κ1) is 51.8. The molecular formula is C48H75N7O9. The van der Waals surface area contributed by atoms with Gasteiger partial charge in [0.2, 0.25) is 41.2 Å². The Bertz CT molecular complexity index is 1720. The molecule has 1 aromatic carbocycles. The molecule has 8 unspecified atom stereocenters. The van der Waals surface area contributed by atoms with Crippen LogP contribution in [0.5, 0.6) is 0 Å². The van der Waals surface area contributed by atoms with Gasteiger partial charge in [-0.15, -0.1) is 0 Å². The predicted octanol–water partition coefficient (Wildman–Crippen LogP) is 3.87. The standard InChI is InChI=1S/C48H75N7O9/c1-5-8-24-37(43(49)58)53-45(60)38(25-9-6-2)51-40(56)28-50-47(62)42(57)36(17-7-3)52-46(61)39-27-35(64-30-32-19-12-10-13-20-32)29-55(39)48(63)41(33-21-14-11-15-22-33)54-44(59)34-23-16-18-31(4)26-34/h10,12-13,19-20,31,33-39,41H,5-9,11,14-18,21-30H2,1-4H3,(H2,49,58)(H,50,62)(H,51,56)(H,52,61)(H,53,60)(H,54,59). The zero-order valence-corrected chi connectivity index (χ0v) is 38.6. The normalized spacial score (nSPS) is 22.0. The number of nitrogens with two attached hydrogens (primary N) is 1. The Balaban J connectivity index is 1.47. The molecule has 1 aromatic rings. The van der Waals surface area contributed by atoms with E-state index in [9.17, 15) is 38.4 Å². The summed E-state index contributed by atoms with van der Waals surface area (Å²) in [4.78, 5) is 110. The van der Waals surface area contributed by atoms with E-state index in [2.05, 4.69) is 33.5 Å². The molecule has 1 saturated heterocycles. The van der Waals surface area contributed by atoms with Crippen LogP contribution < -0.4 is 32.3 Å². The predicted molar refractivity (Wildman–Crippen MR) is 242 cm³/mol. The number of ether oxygens (including phenoxy) is 1. The number of rotatable bonds is 25. The molecular weight excluding hydrogens is 819 g/mol. The maximum Gasteiger partial charge on any atom is 0.290 e. The fourth-order valence-electron chi connectivity index (χ4n) is 9.29. The first-order valence-electron chi connectivity index (χ1n) is 24.0. The van der Waals surface area contributed by atoms with Crippen LogP contribution in [0.1, 0.15) is 149 Å². The number of ketones is 1. The van der Waals surface area contributed by atoms with Gasteiger partial charge in [-0.3, -0.25) is 38.4 Å². The van der Waals surface area contributed by atoms with Crippen molar-refractivity contribution in [3.63, 3.8) is 0 Å². The average Bonchev–Trinajstić information content (AvgIpc) is 3.73. The second-order valence-corrected chi connectivity index (χ2v) is 18.3. The SMILES string of the molecule is CCCCC(NC(=O)C(CCCC)NC(=O)CNC(=O)C(=O)C(CCC)NC(=O)C1CC(OCc2ccccc2)CN1C(=O)C(NC(=O)C1CCCC(C)C1)C1CCCCC1)C(N)=O. The van der Waals surface area contributed by atoms with E-state index in [-0.39, 0.29) is 56.1 Å². The molecule has 3 fully saturated rings. The summed E-state index contributed by atoms with van der Waals surface area (Å²) in [6, 6.07) is 4.53. The summed E-state index contributed by atoms with van der Waals surface area (Å²) in [6.45, 7) is 7.55. The maximum absolute atomic E-state index is 14.8. The van der Waals surface area contributed by atoms with Crippen LogP contribution in [-0.2, 0) is 49.7 Å². The lowest BCUT2D eigenvalue weighted by atomic mass is 9.80. The maximum atomic E-state index is 14.8. The Hall–Kier alpha value is -4.86. The topological polar surface area (TPSA) is 235 Å². The highest BCUT2D eigenvalue weighted by Crippen LogP contribution is 2.33. The Morgan fingerprint density at radius 1 is 0.734 bits per heavy atom. The van der Waals surface area contributed by atoms with E-state index in [1.54, 1.807) is 6.92 Å². The monoisotopic (exact) mass is 894 g/mol. The summed E-state index contributed by atoms with van der Waals surface area (Å²) in [5.74, 6) is -5.00. The van der Waals surface area contributed by atoms with E-state index in [1.807, 2.05) is 44.2 Å². The number of unbranched alkanes of at least 4 members (excludes halogenated alkanes) is 2. The Kier molecular flexibility index (Phi) is 21.7. The van der Waals surface area contributed by atoms with Crippen molar-refractivity contribution in [3.8, 4) is 0 Å². The number of Topliss-reactive ketones (excluding diaryl/α,β-unsaturated/α-hetero) is 1. The van der Waals surface area contributed by atoms with Crippen LogP contribution in [-0.4, -0.2) is 101 Å². The van der Waals surface area contributed by atoms with Crippen LogP contribution >= 0.6 is 0 Å². The van der Waals surface area contributed by atoms with Gasteiger partial charge < -0.3 is 42.0 Å². The second kappa shape index (κ2) is 26.8. The minimum absolute atomic E-state index is 0.0938. The van der Waals surface area contributed by atoms with Crippen LogP contribution in [0.25, 0.3) is 0 Å². The van der Waals surface area contributed by atoms with Crippen LogP contribution in [0.15, 0.2) is 30.3 Å². The molecule has 356 valence electrons. The zero-order chi connectivity index (χ0) is 46.6. The molecule has 2 saturated carbocycles. The molecule has 1 heterocycles. The number of hydrogen-bond acceptors (Lipinski definition) is 9. The molecule has 1 aliphatic heterocycles. The molecule has 4 rings (SSSR count). The first-order chi connectivity index (χ1) is 30.8. The van der Waals surface area contributed by atoms with Gasteiger partial charge in [0.25, 0.3) is 5.91 Å². The molecule has 0 spiro atoms. The van der Waals surface area contributed by atoms with Crippen molar-refractivity contribution in [2.75, 3.05) is 13.1 Å². The van der Waals surface area contributed by atoms with Crippen molar-refractivity contribution < 1.29 is 43.1 Å². The van der Waals surface area contributed by atoms with Gasteiger partial charge in [-0.05, 0) is 62.3 Å². The van der Waals surface area contributed by atoms with E-state index in [4.69, 9.17) is 10.5 Å². The molecule has 7 amide bonds. The van der Waals surface area contributed by atoms with Gasteiger partial charge in [0.1, 0.15) is 24.2 Å². The van der Waals surface area contributed by atoms with E-state index < -0.39 is 78.2 Å².